The summed E-state index contributed by atoms with van der Waals surface area (Å²) < 4.78 is 29.0. The zero-order valence-corrected chi connectivity index (χ0v) is 6.98. The molecule has 0 unspecified atom stereocenters. The molecule has 12 heavy (non-hydrogen) atoms. The lowest BCUT2D eigenvalue weighted by Crippen LogP contribution is -1.92. The van der Waals surface area contributed by atoms with Crippen LogP contribution in [0.1, 0.15) is 12.0 Å². The SMILES string of the molecule is COc1cncc(C(F)F)c1Cl. The van der Waals surface area contributed by atoms with Crippen molar-refractivity contribution in [3.8, 4) is 5.75 Å². The minimum absolute atomic E-state index is 0.0810. The molecule has 0 atom stereocenters. The molecule has 0 fully saturated rings. The van der Waals surface area contributed by atoms with E-state index in [9.17, 15) is 8.78 Å². The van der Waals surface area contributed by atoms with Crippen molar-refractivity contribution in [3.05, 3.63) is 23.0 Å². The van der Waals surface area contributed by atoms with E-state index in [4.69, 9.17) is 16.3 Å². The lowest BCUT2D eigenvalue weighted by molar-refractivity contribution is 0.150. The van der Waals surface area contributed by atoms with E-state index in [1.807, 2.05) is 0 Å². The first-order valence-electron chi connectivity index (χ1n) is 3.12. The third-order valence-electron chi connectivity index (χ3n) is 1.33. The van der Waals surface area contributed by atoms with Crippen molar-refractivity contribution >= 4 is 11.6 Å². The number of alkyl halides is 2. The van der Waals surface area contributed by atoms with Crippen molar-refractivity contribution in [2.45, 2.75) is 6.43 Å². The van der Waals surface area contributed by atoms with Crippen LogP contribution in [0.15, 0.2) is 12.4 Å². The van der Waals surface area contributed by atoms with Gasteiger partial charge in [-0.25, -0.2) is 8.78 Å². The molecule has 0 amide bonds. The van der Waals surface area contributed by atoms with E-state index in [2.05, 4.69) is 4.98 Å². The number of nitrogens with zero attached hydrogens (tertiary/aromatic N) is 1. The lowest BCUT2D eigenvalue weighted by Gasteiger charge is -2.05. The first kappa shape index (κ1) is 9.19. The van der Waals surface area contributed by atoms with E-state index in [-0.39, 0.29) is 16.3 Å². The predicted octanol–water partition coefficient (Wildman–Crippen LogP) is 2.68. The van der Waals surface area contributed by atoms with Crippen molar-refractivity contribution in [2.24, 2.45) is 0 Å². The van der Waals surface area contributed by atoms with Gasteiger partial charge in [-0.05, 0) is 0 Å². The van der Waals surface area contributed by atoms with E-state index in [1.54, 1.807) is 0 Å². The predicted molar refractivity (Wildman–Crippen MR) is 40.8 cm³/mol. The highest BCUT2D eigenvalue weighted by Gasteiger charge is 2.15. The van der Waals surface area contributed by atoms with Crippen LogP contribution in [0.5, 0.6) is 5.75 Å². The Hall–Kier alpha value is -0.900. The largest absolute Gasteiger partial charge is 0.494 e. The summed E-state index contributed by atoms with van der Waals surface area (Å²) in [5.41, 5.74) is -0.309. The van der Waals surface area contributed by atoms with Gasteiger partial charge in [0.05, 0.1) is 23.9 Å². The molecule has 1 heterocycles. The van der Waals surface area contributed by atoms with Gasteiger partial charge in [-0.3, -0.25) is 4.98 Å². The molecule has 66 valence electrons. The summed E-state index contributed by atoms with van der Waals surface area (Å²) in [6, 6.07) is 0. The Morgan fingerprint density at radius 1 is 1.50 bits per heavy atom. The lowest BCUT2D eigenvalue weighted by atomic mass is 10.3. The maximum atomic E-state index is 12.2. The highest BCUT2D eigenvalue weighted by atomic mass is 35.5. The summed E-state index contributed by atoms with van der Waals surface area (Å²) >= 11 is 5.56. The topological polar surface area (TPSA) is 22.1 Å². The molecule has 0 saturated heterocycles. The standard InChI is InChI=1S/C7H6ClF2NO/c1-12-5-3-11-2-4(6(5)8)7(9)10/h2-3,7H,1H3. The Bertz CT molecular complexity index is 280. The van der Waals surface area contributed by atoms with E-state index in [1.165, 1.54) is 13.3 Å². The monoisotopic (exact) mass is 193 g/mol. The molecule has 2 nitrogen and oxygen atoms in total. The molecule has 0 aromatic carbocycles. The number of hydrogen-bond acceptors (Lipinski definition) is 2. The van der Waals surface area contributed by atoms with Crippen LogP contribution in [0, 0.1) is 0 Å². The average molecular weight is 194 g/mol. The maximum absolute atomic E-state index is 12.2. The summed E-state index contributed by atoms with van der Waals surface area (Å²) in [5, 5.41) is -0.0810. The Morgan fingerprint density at radius 2 is 2.17 bits per heavy atom. The minimum Gasteiger partial charge on any atom is -0.494 e. The first-order valence-corrected chi connectivity index (χ1v) is 3.50. The molecular formula is C7H6ClF2NO. The fraction of sp³-hybridized carbons (Fsp3) is 0.286. The van der Waals surface area contributed by atoms with Crippen molar-refractivity contribution < 1.29 is 13.5 Å². The van der Waals surface area contributed by atoms with Gasteiger partial charge in [0.25, 0.3) is 6.43 Å². The minimum atomic E-state index is -2.62. The van der Waals surface area contributed by atoms with Crippen molar-refractivity contribution in [1.29, 1.82) is 0 Å². The Morgan fingerprint density at radius 3 is 2.67 bits per heavy atom. The molecule has 0 spiro atoms. The number of aromatic nitrogens is 1. The molecule has 0 aliphatic rings. The molecule has 5 heteroatoms. The third kappa shape index (κ3) is 1.64. The molecular weight excluding hydrogens is 188 g/mol. The molecule has 0 radical (unpaired) electrons. The molecule has 0 saturated carbocycles. The molecule has 0 bridgehead atoms. The van der Waals surface area contributed by atoms with Crippen molar-refractivity contribution in [1.82, 2.24) is 4.98 Å². The molecule has 1 rings (SSSR count). The first-order chi connectivity index (χ1) is 5.66. The van der Waals surface area contributed by atoms with Gasteiger partial charge in [-0.1, -0.05) is 11.6 Å². The van der Waals surface area contributed by atoms with Crippen LogP contribution < -0.4 is 4.74 Å². The van der Waals surface area contributed by atoms with Gasteiger partial charge in [-0.15, -0.1) is 0 Å². The fourth-order valence-electron chi connectivity index (χ4n) is 0.735. The Balaban J connectivity index is 3.14. The van der Waals surface area contributed by atoms with Crippen LogP contribution in [0.3, 0.4) is 0 Å². The van der Waals surface area contributed by atoms with Gasteiger partial charge in [0, 0.05) is 6.20 Å². The van der Waals surface area contributed by atoms with Gasteiger partial charge < -0.3 is 4.74 Å². The smallest absolute Gasteiger partial charge is 0.266 e. The Labute approximate surface area is 73.1 Å². The van der Waals surface area contributed by atoms with Gasteiger partial charge >= 0.3 is 0 Å². The molecule has 0 aliphatic carbocycles. The van der Waals surface area contributed by atoms with Crippen LogP contribution >= 0.6 is 11.6 Å². The zero-order valence-electron chi connectivity index (χ0n) is 6.22. The second-order valence-electron chi connectivity index (χ2n) is 2.05. The second-order valence-corrected chi connectivity index (χ2v) is 2.42. The molecule has 1 aromatic rings. The van der Waals surface area contributed by atoms with Crippen LogP contribution in [0.25, 0.3) is 0 Å². The van der Waals surface area contributed by atoms with Crippen LogP contribution in [-0.2, 0) is 0 Å². The van der Waals surface area contributed by atoms with Gasteiger partial charge in [-0.2, -0.15) is 0 Å². The summed E-state index contributed by atoms with van der Waals surface area (Å²) in [7, 11) is 1.35. The summed E-state index contributed by atoms with van der Waals surface area (Å²) in [6.45, 7) is 0. The van der Waals surface area contributed by atoms with E-state index in [0.717, 1.165) is 6.20 Å². The van der Waals surface area contributed by atoms with Gasteiger partial charge in [0.1, 0.15) is 0 Å². The highest BCUT2D eigenvalue weighted by molar-refractivity contribution is 6.32. The maximum Gasteiger partial charge on any atom is 0.266 e. The Kier molecular flexibility index (Phi) is 2.81. The van der Waals surface area contributed by atoms with Crippen molar-refractivity contribution in [3.63, 3.8) is 0 Å². The number of hydrogen-bond donors (Lipinski definition) is 0. The van der Waals surface area contributed by atoms with Crippen LogP contribution in [0.4, 0.5) is 8.78 Å². The molecule has 0 aliphatic heterocycles. The number of pyridine rings is 1. The summed E-state index contributed by atoms with van der Waals surface area (Å²) in [4.78, 5) is 3.55. The van der Waals surface area contributed by atoms with Gasteiger partial charge in [0.15, 0.2) is 5.75 Å². The molecule has 0 N–H and O–H groups in total. The normalized spacial score (nSPS) is 10.4. The van der Waals surface area contributed by atoms with E-state index < -0.39 is 6.43 Å². The van der Waals surface area contributed by atoms with Crippen molar-refractivity contribution in [2.75, 3.05) is 7.11 Å². The second kappa shape index (κ2) is 3.67. The third-order valence-corrected chi connectivity index (χ3v) is 1.73. The quantitative estimate of drug-likeness (QED) is 0.721. The number of methoxy groups -OCH3 is 1. The number of ether oxygens (including phenoxy) is 1. The van der Waals surface area contributed by atoms with E-state index in [0.29, 0.717) is 0 Å². The number of rotatable bonds is 2. The number of halogens is 3. The van der Waals surface area contributed by atoms with Crippen LogP contribution in [0.2, 0.25) is 5.02 Å². The van der Waals surface area contributed by atoms with Gasteiger partial charge in [0.2, 0.25) is 0 Å². The fourth-order valence-corrected chi connectivity index (χ4v) is 0.993. The highest BCUT2D eigenvalue weighted by Crippen LogP contribution is 2.32. The zero-order chi connectivity index (χ0) is 9.14. The summed E-state index contributed by atoms with van der Waals surface area (Å²) in [6.07, 6.45) is -0.316. The van der Waals surface area contributed by atoms with E-state index >= 15 is 0 Å². The average Bonchev–Trinajstić information content (AvgIpc) is 2.04. The van der Waals surface area contributed by atoms with Crippen LogP contribution in [-0.4, -0.2) is 12.1 Å². The molecule has 1 aromatic heterocycles. The summed E-state index contributed by atoms with van der Waals surface area (Å²) in [5.74, 6) is 0.162.